The molecule has 0 amide bonds. The highest BCUT2D eigenvalue weighted by molar-refractivity contribution is 5.82. The van der Waals surface area contributed by atoms with Gasteiger partial charge in [0, 0.05) is 18.4 Å². The molecule has 1 aliphatic carbocycles. The SMILES string of the molecule is CC1CCCCCN1CCC1CCCC1=O. The molecule has 0 aromatic heterocycles. The van der Waals surface area contributed by atoms with Crippen molar-refractivity contribution in [2.24, 2.45) is 5.92 Å². The molecular weight excluding hydrogens is 198 g/mol. The highest BCUT2D eigenvalue weighted by Crippen LogP contribution is 2.25. The van der Waals surface area contributed by atoms with Crippen molar-refractivity contribution >= 4 is 5.78 Å². The number of likely N-dealkylation sites (tertiary alicyclic amines) is 1. The Morgan fingerprint density at radius 1 is 1.19 bits per heavy atom. The molecule has 2 rings (SSSR count). The molecule has 2 nitrogen and oxygen atoms in total. The second kappa shape index (κ2) is 5.81. The van der Waals surface area contributed by atoms with Gasteiger partial charge in [-0.2, -0.15) is 0 Å². The fraction of sp³-hybridized carbons (Fsp3) is 0.929. The highest BCUT2D eigenvalue weighted by atomic mass is 16.1. The van der Waals surface area contributed by atoms with Gasteiger partial charge in [-0.25, -0.2) is 0 Å². The van der Waals surface area contributed by atoms with Crippen LogP contribution in [0.3, 0.4) is 0 Å². The number of carbonyl (C=O) groups excluding carboxylic acids is 1. The van der Waals surface area contributed by atoms with Crippen LogP contribution in [0.2, 0.25) is 0 Å². The molecule has 0 N–H and O–H groups in total. The van der Waals surface area contributed by atoms with Crippen LogP contribution in [-0.2, 0) is 4.79 Å². The van der Waals surface area contributed by atoms with Gasteiger partial charge >= 0.3 is 0 Å². The van der Waals surface area contributed by atoms with E-state index in [1.165, 1.54) is 32.2 Å². The molecule has 2 heteroatoms. The predicted molar refractivity (Wildman–Crippen MR) is 66.5 cm³/mol. The van der Waals surface area contributed by atoms with E-state index in [-0.39, 0.29) is 0 Å². The van der Waals surface area contributed by atoms with Crippen molar-refractivity contribution in [2.45, 2.75) is 64.3 Å². The van der Waals surface area contributed by atoms with Gasteiger partial charge in [0.15, 0.2) is 0 Å². The second-order valence-electron chi connectivity index (χ2n) is 5.58. The van der Waals surface area contributed by atoms with E-state index in [1.807, 2.05) is 0 Å². The molecule has 0 bridgehead atoms. The molecule has 1 aliphatic heterocycles. The Morgan fingerprint density at radius 2 is 2.06 bits per heavy atom. The minimum atomic E-state index is 0.399. The van der Waals surface area contributed by atoms with Gasteiger partial charge in [-0.15, -0.1) is 0 Å². The van der Waals surface area contributed by atoms with Crippen LogP contribution in [0.25, 0.3) is 0 Å². The quantitative estimate of drug-likeness (QED) is 0.733. The number of carbonyl (C=O) groups is 1. The normalized spacial score (nSPS) is 32.9. The van der Waals surface area contributed by atoms with E-state index in [2.05, 4.69) is 11.8 Å². The molecule has 1 saturated carbocycles. The average Bonchev–Trinajstić information content (AvgIpc) is 2.56. The van der Waals surface area contributed by atoms with Crippen LogP contribution in [0.1, 0.15) is 58.3 Å². The van der Waals surface area contributed by atoms with Crippen molar-refractivity contribution in [3.05, 3.63) is 0 Å². The Hall–Kier alpha value is -0.370. The molecule has 0 aromatic carbocycles. The third-order valence-corrected chi connectivity index (χ3v) is 4.39. The van der Waals surface area contributed by atoms with Crippen LogP contribution in [0, 0.1) is 5.92 Å². The summed E-state index contributed by atoms with van der Waals surface area (Å²) < 4.78 is 0. The number of hydrogen-bond acceptors (Lipinski definition) is 2. The van der Waals surface area contributed by atoms with Gasteiger partial charge < -0.3 is 4.90 Å². The van der Waals surface area contributed by atoms with Crippen LogP contribution in [0.4, 0.5) is 0 Å². The summed E-state index contributed by atoms with van der Waals surface area (Å²) in [5.41, 5.74) is 0. The van der Waals surface area contributed by atoms with Crippen molar-refractivity contribution in [1.29, 1.82) is 0 Å². The standard InChI is InChI=1S/C14H25NO/c1-12-6-3-2-4-10-15(12)11-9-13-7-5-8-14(13)16/h12-13H,2-11H2,1H3. The van der Waals surface area contributed by atoms with Crippen molar-refractivity contribution in [3.8, 4) is 0 Å². The fourth-order valence-electron chi connectivity index (χ4n) is 3.18. The maximum absolute atomic E-state index is 11.6. The summed E-state index contributed by atoms with van der Waals surface area (Å²) >= 11 is 0. The Morgan fingerprint density at radius 3 is 2.81 bits per heavy atom. The number of ketones is 1. The lowest BCUT2D eigenvalue weighted by Crippen LogP contribution is -2.34. The first-order chi connectivity index (χ1) is 7.77. The molecule has 1 heterocycles. The summed E-state index contributed by atoms with van der Waals surface area (Å²) in [7, 11) is 0. The average molecular weight is 223 g/mol. The van der Waals surface area contributed by atoms with Gasteiger partial charge in [0.05, 0.1) is 0 Å². The number of nitrogens with zero attached hydrogens (tertiary/aromatic N) is 1. The highest BCUT2D eigenvalue weighted by Gasteiger charge is 2.25. The van der Waals surface area contributed by atoms with Gasteiger partial charge in [0.1, 0.15) is 5.78 Å². The molecule has 2 unspecified atom stereocenters. The number of rotatable bonds is 3. The van der Waals surface area contributed by atoms with Crippen LogP contribution in [0.15, 0.2) is 0 Å². The first kappa shape index (κ1) is 12.1. The molecular formula is C14H25NO. The van der Waals surface area contributed by atoms with Gasteiger partial charge in [-0.05, 0) is 52.1 Å². The first-order valence-electron chi connectivity index (χ1n) is 7.04. The van der Waals surface area contributed by atoms with Crippen LogP contribution in [-0.4, -0.2) is 29.8 Å². The molecule has 2 fully saturated rings. The summed E-state index contributed by atoms with van der Waals surface area (Å²) in [6.07, 6.45) is 9.73. The lowest BCUT2D eigenvalue weighted by atomic mass is 10.0. The van der Waals surface area contributed by atoms with E-state index in [4.69, 9.17) is 0 Å². The summed E-state index contributed by atoms with van der Waals surface area (Å²) in [6, 6.07) is 0.735. The van der Waals surface area contributed by atoms with Crippen molar-refractivity contribution < 1.29 is 4.79 Å². The number of hydrogen-bond donors (Lipinski definition) is 0. The number of Topliss-reactive ketones (excluding diaryl/α,β-unsaturated/α-hetero) is 1. The Kier molecular flexibility index (Phi) is 4.39. The minimum Gasteiger partial charge on any atom is -0.301 e. The van der Waals surface area contributed by atoms with Gasteiger partial charge in [0.25, 0.3) is 0 Å². The van der Waals surface area contributed by atoms with Crippen LogP contribution >= 0.6 is 0 Å². The molecule has 2 aliphatic rings. The smallest absolute Gasteiger partial charge is 0.136 e. The molecule has 92 valence electrons. The third-order valence-electron chi connectivity index (χ3n) is 4.39. The van der Waals surface area contributed by atoms with E-state index in [0.29, 0.717) is 11.7 Å². The zero-order valence-electron chi connectivity index (χ0n) is 10.6. The summed E-state index contributed by atoms with van der Waals surface area (Å²) in [6.45, 7) is 4.75. The zero-order chi connectivity index (χ0) is 11.4. The lowest BCUT2D eigenvalue weighted by molar-refractivity contribution is -0.120. The third kappa shape index (κ3) is 3.07. The zero-order valence-corrected chi connectivity index (χ0v) is 10.6. The van der Waals surface area contributed by atoms with E-state index >= 15 is 0 Å². The predicted octanol–water partition coefficient (Wildman–Crippen LogP) is 3.01. The Labute approximate surface area is 99.4 Å². The molecule has 1 saturated heterocycles. The van der Waals surface area contributed by atoms with Crippen molar-refractivity contribution in [2.75, 3.05) is 13.1 Å². The van der Waals surface area contributed by atoms with Crippen molar-refractivity contribution in [3.63, 3.8) is 0 Å². The van der Waals surface area contributed by atoms with Crippen LogP contribution < -0.4 is 0 Å². The largest absolute Gasteiger partial charge is 0.301 e. The maximum Gasteiger partial charge on any atom is 0.136 e. The fourth-order valence-corrected chi connectivity index (χ4v) is 3.18. The minimum absolute atomic E-state index is 0.399. The summed E-state index contributed by atoms with van der Waals surface area (Å²) in [5.74, 6) is 0.929. The van der Waals surface area contributed by atoms with Gasteiger partial charge in [-0.1, -0.05) is 12.8 Å². The summed E-state index contributed by atoms with van der Waals surface area (Å²) in [5, 5.41) is 0. The monoisotopic (exact) mass is 223 g/mol. The van der Waals surface area contributed by atoms with E-state index < -0.39 is 0 Å². The van der Waals surface area contributed by atoms with E-state index in [9.17, 15) is 4.79 Å². The molecule has 16 heavy (non-hydrogen) atoms. The van der Waals surface area contributed by atoms with Gasteiger partial charge in [-0.3, -0.25) is 4.79 Å². The Balaban J connectivity index is 1.77. The molecule has 2 atom stereocenters. The van der Waals surface area contributed by atoms with Crippen LogP contribution in [0.5, 0.6) is 0 Å². The van der Waals surface area contributed by atoms with E-state index in [0.717, 1.165) is 38.3 Å². The Bertz CT molecular complexity index is 239. The van der Waals surface area contributed by atoms with Crippen molar-refractivity contribution in [1.82, 2.24) is 4.90 Å². The summed E-state index contributed by atoms with van der Waals surface area (Å²) in [4.78, 5) is 14.2. The maximum atomic E-state index is 11.6. The molecule has 0 aromatic rings. The first-order valence-corrected chi connectivity index (χ1v) is 7.04. The van der Waals surface area contributed by atoms with Gasteiger partial charge in [0.2, 0.25) is 0 Å². The lowest BCUT2D eigenvalue weighted by Gasteiger charge is -2.27. The molecule has 0 spiro atoms. The van der Waals surface area contributed by atoms with E-state index in [1.54, 1.807) is 0 Å². The molecule has 0 radical (unpaired) electrons. The second-order valence-corrected chi connectivity index (χ2v) is 5.58. The topological polar surface area (TPSA) is 20.3 Å².